The molecule has 0 saturated carbocycles. The van der Waals surface area contributed by atoms with Crippen molar-refractivity contribution in [1.82, 2.24) is 19.6 Å². The topological polar surface area (TPSA) is 90.4 Å². The molecule has 0 bridgehead atoms. The van der Waals surface area contributed by atoms with Crippen LogP contribution in [0, 0.1) is 0 Å². The molecule has 0 unspecified atom stereocenters. The Bertz CT molecular complexity index is 824. The van der Waals surface area contributed by atoms with Crippen LogP contribution in [0.4, 0.5) is 11.5 Å². The highest BCUT2D eigenvalue weighted by Crippen LogP contribution is 2.25. The molecular weight excluding hydrogens is 292 g/mol. The monoisotopic (exact) mass is 310 g/mol. The number of aromatic nitrogens is 4. The van der Waals surface area contributed by atoms with Crippen LogP contribution in [0.2, 0.25) is 0 Å². The zero-order valence-corrected chi connectivity index (χ0v) is 12.6. The second-order valence-corrected chi connectivity index (χ2v) is 5.62. The summed E-state index contributed by atoms with van der Waals surface area (Å²) in [6, 6.07) is 6.23. The average Bonchev–Trinajstić information content (AvgIpc) is 3.02. The molecule has 1 fully saturated rings. The summed E-state index contributed by atoms with van der Waals surface area (Å²) in [6.45, 7) is 1.53. The van der Waals surface area contributed by atoms with Crippen LogP contribution in [0.25, 0.3) is 16.9 Å². The van der Waals surface area contributed by atoms with E-state index in [1.807, 2.05) is 24.4 Å². The predicted molar refractivity (Wildman–Crippen MR) is 88.1 cm³/mol. The molecule has 1 aliphatic heterocycles. The predicted octanol–water partition coefficient (Wildman–Crippen LogP) is 1.96. The number of pyridine rings is 1. The summed E-state index contributed by atoms with van der Waals surface area (Å²) in [5.74, 6) is 1.30. The Morgan fingerprint density at radius 3 is 2.96 bits per heavy atom. The first-order valence-electron chi connectivity index (χ1n) is 7.71. The number of hydrogen-bond donors (Lipinski definition) is 2. The van der Waals surface area contributed by atoms with Crippen molar-refractivity contribution in [1.29, 1.82) is 0 Å². The van der Waals surface area contributed by atoms with Gasteiger partial charge in [0, 0.05) is 25.5 Å². The zero-order valence-electron chi connectivity index (χ0n) is 12.6. The van der Waals surface area contributed by atoms with E-state index < -0.39 is 0 Å². The van der Waals surface area contributed by atoms with Gasteiger partial charge in [-0.05, 0) is 25.0 Å². The lowest BCUT2D eigenvalue weighted by Crippen LogP contribution is -2.28. The smallest absolute Gasteiger partial charge is 0.165 e. The van der Waals surface area contributed by atoms with Gasteiger partial charge in [0.15, 0.2) is 11.6 Å². The molecule has 23 heavy (non-hydrogen) atoms. The van der Waals surface area contributed by atoms with Crippen LogP contribution in [0.1, 0.15) is 12.8 Å². The summed E-state index contributed by atoms with van der Waals surface area (Å²) in [5, 5.41) is 7.75. The number of hydrogen-bond acceptors (Lipinski definition) is 6. The molecule has 0 aromatic carbocycles. The molecule has 0 atom stereocenters. The number of ether oxygens (including phenoxy) is 1. The van der Waals surface area contributed by atoms with Gasteiger partial charge in [0.1, 0.15) is 0 Å². The average molecular weight is 310 g/mol. The first kappa shape index (κ1) is 14.0. The molecule has 0 aliphatic carbocycles. The molecule has 3 aromatic heterocycles. The fourth-order valence-electron chi connectivity index (χ4n) is 2.78. The summed E-state index contributed by atoms with van der Waals surface area (Å²) < 4.78 is 7.19. The van der Waals surface area contributed by atoms with E-state index in [0.717, 1.165) is 37.1 Å². The van der Waals surface area contributed by atoms with E-state index >= 15 is 0 Å². The lowest BCUT2D eigenvalue weighted by atomic mass is 10.1. The van der Waals surface area contributed by atoms with Crippen molar-refractivity contribution in [2.45, 2.75) is 18.9 Å². The first-order valence-corrected chi connectivity index (χ1v) is 7.71. The third-order valence-electron chi connectivity index (χ3n) is 4.05. The van der Waals surface area contributed by atoms with Crippen LogP contribution in [0.5, 0.6) is 0 Å². The lowest BCUT2D eigenvalue weighted by molar-refractivity contribution is 0.0904. The highest BCUT2D eigenvalue weighted by Gasteiger charge is 2.17. The molecule has 1 aliphatic rings. The van der Waals surface area contributed by atoms with E-state index in [9.17, 15) is 0 Å². The van der Waals surface area contributed by atoms with Crippen molar-refractivity contribution in [2.75, 3.05) is 24.3 Å². The number of nitrogens with zero attached hydrogens (tertiary/aromatic N) is 4. The van der Waals surface area contributed by atoms with Crippen molar-refractivity contribution in [3.63, 3.8) is 0 Å². The molecule has 0 amide bonds. The lowest BCUT2D eigenvalue weighted by Gasteiger charge is -2.24. The van der Waals surface area contributed by atoms with Crippen molar-refractivity contribution < 1.29 is 4.74 Å². The van der Waals surface area contributed by atoms with Gasteiger partial charge in [0.05, 0.1) is 29.2 Å². The molecule has 3 N–H and O–H groups in total. The fourth-order valence-corrected chi connectivity index (χ4v) is 2.78. The SMILES string of the molecule is Nc1cnc(-c2cnn3ccccc23)nc1NC1CCOCC1. The van der Waals surface area contributed by atoms with Gasteiger partial charge < -0.3 is 15.8 Å². The van der Waals surface area contributed by atoms with Gasteiger partial charge in [0.25, 0.3) is 0 Å². The third-order valence-corrected chi connectivity index (χ3v) is 4.05. The minimum absolute atomic E-state index is 0.331. The molecule has 1 saturated heterocycles. The molecule has 7 heteroatoms. The third kappa shape index (κ3) is 2.70. The maximum Gasteiger partial charge on any atom is 0.165 e. The summed E-state index contributed by atoms with van der Waals surface area (Å²) in [7, 11) is 0. The molecular formula is C16H18N6O. The van der Waals surface area contributed by atoms with Crippen molar-refractivity contribution >= 4 is 17.0 Å². The van der Waals surface area contributed by atoms with Crippen LogP contribution >= 0.6 is 0 Å². The number of fused-ring (bicyclic) bond motifs is 1. The standard InChI is InChI=1S/C16H18N6O/c17-13-10-18-15(12-9-19-22-6-2-1-3-14(12)22)21-16(13)20-11-4-7-23-8-5-11/h1-3,6,9-11H,4-5,7-8,17H2,(H,18,20,21). The van der Waals surface area contributed by atoms with Crippen LogP contribution in [-0.2, 0) is 4.74 Å². The second kappa shape index (κ2) is 5.85. The Morgan fingerprint density at radius 1 is 1.22 bits per heavy atom. The Kier molecular flexibility index (Phi) is 3.55. The van der Waals surface area contributed by atoms with Gasteiger partial charge in [-0.3, -0.25) is 0 Å². The van der Waals surface area contributed by atoms with Gasteiger partial charge in [-0.25, -0.2) is 14.5 Å². The van der Waals surface area contributed by atoms with Crippen LogP contribution < -0.4 is 11.1 Å². The van der Waals surface area contributed by atoms with Crippen molar-refractivity contribution in [2.24, 2.45) is 0 Å². The zero-order chi connectivity index (χ0) is 15.6. The fraction of sp³-hybridized carbons (Fsp3) is 0.312. The highest BCUT2D eigenvalue weighted by atomic mass is 16.5. The number of anilines is 2. The summed E-state index contributed by atoms with van der Waals surface area (Å²) in [6.07, 6.45) is 7.23. The van der Waals surface area contributed by atoms with Crippen LogP contribution in [0.15, 0.2) is 36.8 Å². The van der Waals surface area contributed by atoms with Gasteiger partial charge in [-0.15, -0.1) is 0 Å². The minimum atomic E-state index is 0.331. The van der Waals surface area contributed by atoms with E-state index in [4.69, 9.17) is 10.5 Å². The Morgan fingerprint density at radius 2 is 2.09 bits per heavy atom. The van der Waals surface area contributed by atoms with E-state index in [0.29, 0.717) is 23.4 Å². The number of nitrogen functional groups attached to an aromatic ring is 1. The maximum atomic E-state index is 6.03. The van der Waals surface area contributed by atoms with Crippen molar-refractivity contribution in [3.05, 3.63) is 36.8 Å². The quantitative estimate of drug-likeness (QED) is 0.768. The van der Waals surface area contributed by atoms with Crippen LogP contribution in [0.3, 0.4) is 0 Å². The molecule has 0 radical (unpaired) electrons. The van der Waals surface area contributed by atoms with Gasteiger partial charge in [-0.1, -0.05) is 6.07 Å². The number of nitrogens with two attached hydrogens (primary N) is 1. The molecule has 4 rings (SSSR count). The van der Waals surface area contributed by atoms with Crippen molar-refractivity contribution in [3.8, 4) is 11.4 Å². The Labute approximate surface area is 133 Å². The molecule has 118 valence electrons. The summed E-state index contributed by atoms with van der Waals surface area (Å²) in [4.78, 5) is 8.99. The van der Waals surface area contributed by atoms with Gasteiger partial charge >= 0.3 is 0 Å². The molecule has 3 aromatic rings. The van der Waals surface area contributed by atoms with Gasteiger partial charge in [-0.2, -0.15) is 5.10 Å². The number of nitrogens with one attached hydrogen (secondary N) is 1. The first-order chi connectivity index (χ1) is 11.3. The maximum absolute atomic E-state index is 6.03. The van der Waals surface area contributed by atoms with E-state index in [1.54, 1.807) is 16.9 Å². The summed E-state index contributed by atoms with van der Waals surface area (Å²) in [5.41, 5.74) is 8.44. The Balaban J connectivity index is 1.68. The van der Waals surface area contributed by atoms with Gasteiger partial charge in [0.2, 0.25) is 0 Å². The number of rotatable bonds is 3. The Hall–Kier alpha value is -2.67. The molecule has 7 nitrogen and oxygen atoms in total. The molecule has 0 spiro atoms. The van der Waals surface area contributed by atoms with E-state index in [1.165, 1.54) is 0 Å². The van der Waals surface area contributed by atoms with E-state index in [-0.39, 0.29) is 0 Å². The summed E-state index contributed by atoms with van der Waals surface area (Å²) >= 11 is 0. The normalized spacial score (nSPS) is 15.8. The molecule has 4 heterocycles. The largest absolute Gasteiger partial charge is 0.394 e. The van der Waals surface area contributed by atoms with E-state index in [2.05, 4.69) is 20.4 Å². The second-order valence-electron chi connectivity index (χ2n) is 5.62. The minimum Gasteiger partial charge on any atom is -0.394 e. The highest BCUT2D eigenvalue weighted by molar-refractivity contribution is 5.77. The van der Waals surface area contributed by atoms with Crippen LogP contribution in [-0.4, -0.2) is 38.8 Å².